The van der Waals surface area contributed by atoms with Crippen LogP contribution in [0.25, 0.3) is 12.2 Å². The van der Waals surface area contributed by atoms with E-state index < -0.39 is 78.4 Å². The predicted molar refractivity (Wildman–Crippen MR) is 156 cm³/mol. The van der Waals surface area contributed by atoms with Crippen molar-refractivity contribution in [3.8, 4) is 23.0 Å². The number of phenolic OH excluding ortho intramolecular Hbond substituents is 4. The molecule has 244 valence electrons. The number of benzene rings is 2. The van der Waals surface area contributed by atoms with E-state index in [2.05, 4.69) is 0 Å². The Bertz CT molecular complexity index is 1330. The van der Waals surface area contributed by atoms with E-state index in [-0.39, 0.29) is 24.7 Å². The zero-order valence-electron chi connectivity index (χ0n) is 24.5. The minimum absolute atomic E-state index is 0.0248. The Hall–Kier alpha value is -4.63. The summed E-state index contributed by atoms with van der Waals surface area (Å²) in [4.78, 5) is 38.3. The molecule has 3 rings (SSSR count). The Balaban J connectivity index is 1.77. The molecule has 14 nitrogen and oxygen atoms in total. The molecule has 0 aromatic heterocycles. The molecule has 1 fully saturated rings. The molecule has 1 aliphatic carbocycles. The van der Waals surface area contributed by atoms with E-state index in [0.717, 1.165) is 12.2 Å². The van der Waals surface area contributed by atoms with Gasteiger partial charge in [-0.05, 0) is 61.4 Å². The van der Waals surface area contributed by atoms with Crippen LogP contribution in [0.3, 0.4) is 0 Å². The molecule has 2 unspecified atom stereocenters. The van der Waals surface area contributed by atoms with E-state index in [4.69, 9.17) is 18.9 Å². The SMILES string of the molecule is CC(O)COCC(C)OC(=O)[C@]1(O)C[C@@H](OC(=O)/C=C/c2ccc(O)c(O)c2)[C@@H](O)[C@H](OC(=O)/C=C/c2ccc(O)c(O)c2)C1. The molecule has 7 N–H and O–H groups in total. The first-order valence-corrected chi connectivity index (χ1v) is 13.9. The van der Waals surface area contributed by atoms with Crippen molar-refractivity contribution >= 4 is 30.1 Å². The summed E-state index contributed by atoms with van der Waals surface area (Å²) in [6.07, 6.45) is -3.28. The van der Waals surface area contributed by atoms with Gasteiger partial charge in [-0.15, -0.1) is 0 Å². The fraction of sp³-hybridized carbons (Fsp3) is 0.387. The number of aliphatic hydroxyl groups excluding tert-OH is 2. The fourth-order valence-electron chi connectivity index (χ4n) is 4.34. The molecule has 4 atom stereocenters. The lowest BCUT2D eigenvalue weighted by Crippen LogP contribution is -2.58. The maximum absolute atomic E-state index is 13.1. The highest BCUT2D eigenvalue weighted by molar-refractivity contribution is 5.88. The number of aliphatic hydroxyl groups is 3. The van der Waals surface area contributed by atoms with E-state index in [1.54, 1.807) is 0 Å². The van der Waals surface area contributed by atoms with Crippen LogP contribution >= 0.6 is 0 Å². The minimum atomic E-state index is -2.38. The third-order valence-corrected chi connectivity index (χ3v) is 6.60. The lowest BCUT2D eigenvalue weighted by molar-refractivity contribution is -0.209. The van der Waals surface area contributed by atoms with Gasteiger partial charge in [-0.1, -0.05) is 12.1 Å². The Kier molecular flexibility index (Phi) is 11.9. The lowest BCUT2D eigenvalue weighted by atomic mass is 9.79. The number of ether oxygens (including phenoxy) is 4. The van der Waals surface area contributed by atoms with Gasteiger partial charge in [-0.3, -0.25) is 0 Å². The topological polar surface area (TPSA) is 230 Å². The summed E-state index contributed by atoms with van der Waals surface area (Å²) in [5.74, 6) is -4.78. The van der Waals surface area contributed by atoms with Gasteiger partial charge in [-0.25, -0.2) is 14.4 Å². The first-order valence-electron chi connectivity index (χ1n) is 13.9. The highest BCUT2D eigenvalue weighted by atomic mass is 16.6. The molecule has 0 amide bonds. The average molecular weight is 633 g/mol. The van der Waals surface area contributed by atoms with E-state index in [0.29, 0.717) is 11.1 Å². The van der Waals surface area contributed by atoms with Crippen molar-refractivity contribution in [1.29, 1.82) is 0 Å². The van der Waals surface area contributed by atoms with Crippen molar-refractivity contribution < 1.29 is 69.1 Å². The summed E-state index contributed by atoms with van der Waals surface area (Å²) >= 11 is 0. The number of carbonyl (C=O) groups is 3. The summed E-state index contributed by atoms with van der Waals surface area (Å²) < 4.78 is 21.2. The van der Waals surface area contributed by atoms with Gasteiger partial charge in [0.2, 0.25) is 0 Å². The van der Waals surface area contributed by atoms with Crippen LogP contribution in [0.1, 0.15) is 37.8 Å². The van der Waals surface area contributed by atoms with Crippen molar-refractivity contribution in [2.45, 2.75) is 62.8 Å². The molecule has 1 saturated carbocycles. The first kappa shape index (κ1) is 34.9. The molecule has 0 spiro atoms. The third kappa shape index (κ3) is 10.2. The van der Waals surface area contributed by atoms with Crippen LogP contribution in [-0.2, 0) is 33.3 Å². The molecule has 0 aliphatic heterocycles. The van der Waals surface area contributed by atoms with Gasteiger partial charge in [0.1, 0.15) is 24.4 Å². The molecule has 0 saturated heterocycles. The van der Waals surface area contributed by atoms with Crippen LogP contribution < -0.4 is 0 Å². The Morgan fingerprint density at radius 1 is 0.822 bits per heavy atom. The molecule has 0 heterocycles. The molecule has 2 aromatic carbocycles. The second-order valence-corrected chi connectivity index (χ2v) is 10.6. The highest BCUT2D eigenvalue weighted by Crippen LogP contribution is 2.35. The molecule has 14 heteroatoms. The molecule has 0 bridgehead atoms. The summed E-state index contributed by atoms with van der Waals surface area (Å²) in [5, 5.41) is 69.8. The van der Waals surface area contributed by atoms with Crippen LogP contribution in [0, 0.1) is 0 Å². The van der Waals surface area contributed by atoms with Crippen molar-refractivity contribution in [2.24, 2.45) is 0 Å². The molecular formula is C31H36O14. The van der Waals surface area contributed by atoms with Crippen LogP contribution in [0.15, 0.2) is 48.6 Å². The summed E-state index contributed by atoms with van der Waals surface area (Å²) in [6.45, 7) is 2.85. The number of aromatic hydroxyl groups is 4. The first-order chi connectivity index (χ1) is 21.2. The van der Waals surface area contributed by atoms with E-state index in [1.807, 2.05) is 0 Å². The summed E-state index contributed by atoms with van der Waals surface area (Å²) in [6, 6.07) is 7.56. The van der Waals surface area contributed by atoms with Gasteiger partial charge in [-0.2, -0.15) is 0 Å². The minimum Gasteiger partial charge on any atom is -0.504 e. The van der Waals surface area contributed by atoms with Crippen molar-refractivity contribution in [2.75, 3.05) is 13.2 Å². The van der Waals surface area contributed by atoms with E-state index in [9.17, 15) is 50.1 Å². The second kappa shape index (κ2) is 15.4. The smallest absolute Gasteiger partial charge is 0.338 e. The lowest BCUT2D eigenvalue weighted by Gasteiger charge is -2.41. The normalized spacial score (nSPS) is 23.0. The number of carbonyl (C=O) groups excluding carboxylic acids is 3. The Morgan fingerprint density at radius 3 is 1.71 bits per heavy atom. The number of phenols is 4. The molecular weight excluding hydrogens is 596 g/mol. The average Bonchev–Trinajstić information content (AvgIpc) is 2.96. The molecule has 1 aliphatic rings. The highest BCUT2D eigenvalue weighted by Gasteiger charge is 2.53. The van der Waals surface area contributed by atoms with Gasteiger partial charge in [0.05, 0.1) is 19.3 Å². The Labute approximate surface area is 258 Å². The zero-order chi connectivity index (χ0) is 33.3. The van der Waals surface area contributed by atoms with Gasteiger partial charge in [0.15, 0.2) is 28.6 Å². The fourth-order valence-corrected chi connectivity index (χ4v) is 4.34. The maximum Gasteiger partial charge on any atom is 0.338 e. The van der Waals surface area contributed by atoms with Gasteiger partial charge >= 0.3 is 17.9 Å². The largest absolute Gasteiger partial charge is 0.504 e. The quantitative estimate of drug-likeness (QED) is 0.0757. The van der Waals surface area contributed by atoms with Crippen LogP contribution in [0.4, 0.5) is 0 Å². The van der Waals surface area contributed by atoms with Crippen molar-refractivity contribution in [1.82, 2.24) is 0 Å². The predicted octanol–water partition coefficient (Wildman–Crippen LogP) is 1.27. The third-order valence-electron chi connectivity index (χ3n) is 6.60. The van der Waals surface area contributed by atoms with Gasteiger partial charge in [0, 0.05) is 25.0 Å². The number of rotatable bonds is 12. The number of hydrogen-bond donors (Lipinski definition) is 7. The van der Waals surface area contributed by atoms with Crippen molar-refractivity contribution in [3.05, 3.63) is 59.7 Å². The number of hydrogen-bond acceptors (Lipinski definition) is 14. The van der Waals surface area contributed by atoms with Crippen molar-refractivity contribution in [3.63, 3.8) is 0 Å². The zero-order valence-corrected chi connectivity index (χ0v) is 24.5. The van der Waals surface area contributed by atoms with Crippen LogP contribution in [0.5, 0.6) is 23.0 Å². The van der Waals surface area contributed by atoms with E-state index in [1.165, 1.54) is 62.4 Å². The standard InChI is InChI=1S/C31H36O14/c1-17(32)15-42-16-18(2)43-30(40)31(41)13-25(44-27(37)9-5-19-3-7-21(33)23(35)11-19)29(39)26(14-31)45-28(38)10-6-20-4-8-22(34)24(36)12-20/h3-12,17-18,25-26,29,32-36,39,41H,13-16H2,1-2H3/b9-5+,10-6+/t17?,18?,25-,26-,29-,31+/m1/s1. The monoisotopic (exact) mass is 632 g/mol. The van der Waals surface area contributed by atoms with Gasteiger partial charge < -0.3 is 54.7 Å². The Morgan fingerprint density at radius 2 is 1.29 bits per heavy atom. The summed E-state index contributed by atoms with van der Waals surface area (Å²) in [7, 11) is 0. The molecule has 2 aromatic rings. The summed E-state index contributed by atoms with van der Waals surface area (Å²) in [5.41, 5.74) is -1.75. The second-order valence-electron chi connectivity index (χ2n) is 10.6. The van der Waals surface area contributed by atoms with Gasteiger partial charge in [0.25, 0.3) is 0 Å². The van der Waals surface area contributed by atoms with Crippen LogP contribution in [0.2, 0.25) is 0 Å². The molecule has 45 heavy (non-hydrogen) atoms. The number of esters is 3. The molecule has 0 radical (unpaired) electrons. The maximum atomic E-state index is 13.1. The van der Waals surface area contributed by atoms with Crippen LogP contribution in [-0.4, -0.2) is 103 Å². The van der Waals surface area contributed by atoms with E-state index >= 15 is 0 Å².